The van der Waals surface area contributed by atoms with Crippen LogP contribution in [0.5, 0.6) is 11.5 Å². The van der Waals surface area contributed by atoms with E-state index in [2.05, 4.69) is 13.8 Å². The molecule has 2 N–H and O–H groups in total. The highest BCUT2D eigenvalue weighted by Crippen LogP contribution is 2.10. The lowest BCUT2D eigenvalue weighted by molar-refractivity contribution is -0.0179. The third kappa shape index (κ3) is 50.0. The summed E-state index contributed by atoms with van der Waals surface area (Å²) in [6.07, 6.45) is 15.5. The van der Waals surface area contributed by atoms with Crippen molar-refractivity contribution in [3.05, 3.63) is 96.1 Å². The Morgan fingerprint density at radius 1 is 0.269 bits per heavy atom. The maximum Gasteiger partial charge on any atom is 0.336 e. The molecule has 0 fully saturated rings. The molecule has 0 atom stereocenters. The molecule has 0 aliphatic heterocycles. The molecule has 3 rings (SSSR count). The average Bonchev–Trinajstić information content (AvgIpc) is 3.46. The summed E-state index contributed by atoms with van der Waals surface area (Å²) in [5, 5.41) is 17.1. The van der Waals surface area contributed by atoms with Gasteiger partial charge in [-0.2, -0.15) is 0 Å². The second kappa shape index (κ2) is 58.9. The zero-order chi connectivity index (χ0) is 56.1. The van der Waals surface area contributed by atoms with Gasteiger partial charge < -0.3 is 76.5 Å². The van der Waals surface area contributed by atoms with Gasteiger partial charge in [0.15, 0.2) is 0 Å². The molecule has 3 aromatic rings. The van der Waals surface area contributed by atoms with E-state index in [1.165, 1.54) is 88.5 Å². The zero-order valence-corrected chi connectivity index (χ0v) is 47.4. The van der Waals surface area contributed by atoms with Crippen LogP contribution in [0.3, 0.4) is 0 Å². The van der Waals surface area contributed by atoms with E-state index in [0.29, 0.717) is 159 Å². The maximum atomic E-state index is 10.5. The van der Waals surface area contributed by atoms with Crippen LogP contribution in [0.2, 0.25) is 0 Å². The molecule has 0 aliphatic rings. The lowest BCUT2D eigenvalue weighted by Crippen LogP contribution is -2.14. The SMILES string of the molecule is CCCCCCCCOCCOCCOCCOCCOCCOCCOc1ccccc1.CCCCCCCCOCCOCCOCCOCCOCCOCCOc1ccccc1.O=C(O)c1ccccc1C(=O)O. The van der Waals surface area contributed by atoms with Crippen LogP contribution >= 0.6 is 0 Å². The molecule has 0 aliphatic carbocycles. The number of ether oxygens (including phenoxy) is 14. The molecular weight excluding hydrogens is 1010 g/mol. The predicted molar refractivity (Wildman–Crippen MR) is 301 cm³/mol. The van der Waals surface area contributed by atoms with E-state index in [1.807, 2.05) is 60.7 Å². The van der Waals surface area contributed by atoms with Crippen molar-refractivity contribution in [3.63, 3.8) is 0 Å². The minimum atomic E-state index is -1.23. The number of unbranched alkanes of at least 4 members (excludes halogenated alkanes) is 10. The molecule has 0 heterocycles. The Morgan fingerprint density at radius 2 is 0.474 bits per heavy atom. The fourth-order valence-corrected chi connectivity index (χ4v) is 6.70. The second-order valence-corrected chi connectivity index (χ2v) is 17.4. The van der Waals surface area contributed by atoms with Gasteiger partial charge in [-0.3, -0.25) is 0 Å². The summed E-state index contributed by atoms with van der Waals surface area (Å²) in [7, 11) is 0. The number of rotatable bonds is 54. The first-order valence-electron chi connectivity index (χ1n) is 28.3. The van der Waals surface area contributed by atoms with Crippen molar-refractivity contribution in [3.8, 4) is 11.5 Å². The molecule has 0 amide bonds. The highest BCUT2D eigenvalue weighted by atomic mass is 16.6. The van der Waals surface area contributed by atoms with Crippen LogP contribution in [0.1, 0.15) is 112 Å². The van der Waals surface area contributed by atoms with Crippen LogP contribution in [0.4, 0.5) is 0 Å². The fraction of sp³-hybridized carbons (Fsp3) is 0.667. The Labute approximate surface area is 466 Å². The van der Waals surface area contributed by atoms with Crippen molar-refractivity contribution in [1.29, 1.82) is 0 Å². The molecule has 78 heavy (non-hydrogen) atoms. The summed E-state index contributed by atoms with van der Waals surface area (Å²) in [5.74, 6) is -0.745. The minimum absolute atomic E-state index is 0.190. The Kier molecular flexibility index (Phi) is 54.1. The topological polar surface area (TPSA) is 204 Å². The highest BCUT2D eigenvalue weighted by molar-refractivity contribution is 6.01. The zero-order valence-electron chi connectivity index (χ0n) is 47.4. The van der Waals surface area contributed by atoms with Gasteiger partial charge in [-0.05, 0) is 49.2 Å². The molecule has 0 bridgehead atoms. The van der Waals surface area contributed by atoms with Crippen molar-refractivity contribution >= 4 is 11.9 Å². The first-order valence-corrected chi connectivity index (χ1v) is 28.3. The summed E-state index contributed by atoms with van der Waals surface area (Å²) in [4.78, 5) is 20.9. The van der Waals surface area contributed by atoms with Gasteiger partial charge in [-0.25, -0.2) is 9.59 Å². The summed E-state index contributed by atoms with van der Waals surface area (Å²) in [6, 6.07) is 24.9. The molecule has 0 spiro atoms. The molecule has 446 valence electrons. The van der Waals surface area contributed by atoms with Gasteiger partial charge >= 0.3 is 11.9 Å². The molecule has 18 heteroatoms. The second-order valence-electron chi connectivity index (χ2n) is 17.4. The van der Waals surface area contributed by atoms with E-state index in [-0.39, 0.29) is 11.1 Å². The molecule has 0 saturated carbocycles. The van der Waals surface area contributed by atoms with E-state index < -0.39 is 11.9 Å². The van der Waals surface area contributed by atoms with E-state index >= 15 is 0 Å². The molecule has 0 aromatic heterocycles. The van der Waals surface area contributed by atoms with Crippen molar-refractivity contribution in [1.82, 2.24) is 0 Å². The van der Waals surface area contributed by atoms with Crippen LogP contribution in [0.25, 0.3) is 0 Å². The number of carbonyl (C=O) groups is 2. The largest absolute Gasteiger partial charge is 0.491 e. The number of hydrogen-bond donors (Lipinski definition) is 2. The van der Waals surface area contributed by atoms with Crippen LogP contribution in [-0.2, 0) is 56.8 Å². The Morgan fingerprint density at radius 3 is 0.718 bits per heavy atom. The fourth-order valence-electron chi connectivity index (χ4n) is 6.70. The van der Waals surface area contributed by atoms with Crippen LogP contribution in [0.15, 0.2) is 84.9 Å². The number of para-hydroxylation sites is 2. The van der Waals surface area contributed by atoms with Gasteiger partial charge in [0.05, 0.1) is 156 Å². The molecular formula is C60H98O18. The lowest BCUT2D eigenvalue weighted by atomic mass is 10.1. The standard InChI is InChI=1S/2C26H46O7.C8H6O4/c2*1-2-3-4-5-6-10-13-27-14-15-28-16-17-29-18-19-30-20-21-31-22-23-32-24-25-33-26-11-8-7-9-12-26;9-7(10)5-3-1-2-4-6(5)8(11)12/h2*7-9,11-12H,2-6,10,13-25H2,1H3;1-4H,(H,9,10)(H,11,12). The Balaban J connectivity index is 0.000000643. The summed E-state index contributed by atoms with van der Waals surface area (Å²) in [6.45, 7) is 19.8. The third-order valence-corrected chi connectivity index (χ3v) is 10.9. The Bertz CT molecular complexity index is 1570. The minimum Gasteiger partial charge on any atom is -0.491 e. The predicted octanol–water partition coefficient (Wildman–Crippen LogP) is 10.1. The monoisotopic (exact) mass is 1110 g/mol. The molecule has 18 nitrogen and oxygen atoms in total. The van der Waals surface area contributed by atoms with E-state index in [1.54, 1.807) is 0 Å². The highest BCUT2D eigenvalue weighted by Gasteiger charge is 2.13. The van der Waals surface area contributed by atoms with Crippen molar-refractivity contribution in [2.45, 2.75) is 90.9 Å². The summed E-state index contributed by atoms with van der Waals surface area (Å²) >= 11 is 0. The third-order valence-electron chi connectivity index (χ3n) is 10.9. The van der Waals surface area contributed by atoms with Gasteiger partial charge in [-0.15, -0.1) is 0 Å². The number of carboxylic acid groups (broad SMARTS) is 2. The molecule has 0 unspecified atom stereocenters. The lowest BCUT2D eigenvalue weighted by Gasteiger charge is -2.09. The number of benzene rings is 3. The molecule has 0 radical (unpaired) electrons. The van der Waals surface area contributed by atoms with Crippen molar-refractivity contribution < 1.29 is 86.1 Å². The molecule has 0 saturated heterocycles. The number of carboxylic acids is 2. The van der Waals surface area contributed by atoms with Gasteiger partial charge in [0.2, 0.25) is 0 Å². The van der Waals surface area contributed by atoms with Crippen LogP contribution in [0, 0.1) is 0 Å². The van der Waals surface area contributed by atoms with E-state index in [9.17, 15) is 9.59 Å². The first-order chi connectivity index (χ1) is 38.5. The quantitative estimate of drug-likeness (QED) is 0.0505. The average molecular weight is 1110 g/mol. The number of aromatic carboxylic acids is 2. The van der Waals surface area contributed by atoms with E-state index in [4.69, 9.17) is 76.5 Å². The summed E-state index contributed by atoms with van der Waals surface area (Å²) in [5.41, 5.74) is -0.380. The van der Waals surface area contributed by atoms with Crippen LogP contribution in [-0.4, -0.2) is 194 Å². The normalized spacial score (nSPS) is 10.9. The van der Waals surface area contributed by atoms with Crippen molar-refractivity contribution in [2.24, 2.45) is 0 Å². The first kappa shape index (κ1) is 71.7. The molecule has 3 aromatic carbocycles. The van der Waals surface area contributed by atoms with Gasteiger partial charge in [0, 0.05) is 13.2 Å². The van der Waals surface area contributed by atoms with Crippen molar-refractivity contribution in [2.75, 3.05) is 172 Å². The number of hydrogen-bond acceptors (Lipinski definition) is 16. The van der Waals surface area contributed by atoms with E-state index in [0.717, 1.165) is 37.6 Å². The van der Waals surface area contributed by atoms with Crippen LogP contribution < -0.4 is 9.47 Å². The summed E-state index contributed by atoms with van der Waals surface area (Å²) < 4.78 is 77.0. The van der Waals surface area contributed by atoms with Gasteiger partial charge in [0.1, 0.15) is 24.7 Å². The smallest absolute Gasteiger partial charge is 0.336 e. The van der Waals surface area contributed by atoms with Gasteiger partial charge in [0.25, 0.3) is 0 Å². The van der Waals surface area contributed by atoms with Gasteiger partial charge in [-0.1, -0.05) is 127 Å². The Hall–Kier alpha value is -4.28. The maximum absolute atomic E-state index is 10.5.